The summed E-state index contributed by atoms with van der Waals surface area (Å²) in [6.45, 7) is 2.03. The summed E-state index contributed by atoms with van der Waals surface area (Å²) in [7, 11) is 4.86. The van der Waals surface area contributed by atoms with E-state index < -0.39 is 0 Å². The van der Waals surface area contributed by atoms with E-state index in [0.29, 0.717) is 11.5 Å². The molecule has 2 rings (SSSR count). The van der Waals surface area contributed by atoms with Crippen LogP contribution >= 0.6 is 0 Å². The van der Waals surface area contributed by atoms with E-state index in [1.807, 2.05) is 19.1 Å². The lowest BCUT2D eigenvalue weighted by Gasteiger charge is -2.12. The van der Waals surface area contributed by atoms with Gasteiger partial charge in [0.05, 0.1) is 27.4 Å². The van der Waals surface area contributed by atoms with Gasteiger partial charge in [-0.15, -0.1) is 0 Å². The molecule has 1 aromatic carbocycles. The van der Waals surface area contributed by atoms with Crippen molar-refractivity contribution in [2.45, 2.75) is 19.1 Å². The summed E-state index contributed by atoms with van der Waals surface area (Å²) < 4.78 is 21.2. The van der Waals surface area contributed by atoms with Gasteiger partial charge >= 0.3 is 0 Å². The molecule has 16 heavy (non-hydrogen) atoms. The first kappa shape index (κ1) is 11.1. The molecule has 0 saturated carbocycles. The highest BCUT2D eigenvalue weighted by Gasteiger charge is 2.38. The molecule has 1 aliphatic heterocycles. The van der Waals surface area contributed by atoms with E-state index in [-0.39, 0.29) is 12.2 Å². The van der Waals surface area contributed by atoms with Crippen LogP contribution < -0.4 is 14.2 Å². The van der Waals surface area contributed by atoms with Crippen molar-refractivity contribution in [2.24, 2.45) is 0 Å². The third-order valence-corrected chi connectivity index (χ3v) is 2.75. The minimum absolute atomic E-state index is 0.106. The van der Waals surface area contributed by atoms with Gasteiger partial charge in [-0.2, -0.15) is 0 Å². The third-order valence-electron chi connectivity index (χ3n) is 2.75. The van der Waals surface area contributed by atoms with Crippen molar-refractivity contribution in [1.29, 1.82) is 0 Å². The molecule has 4 nitrogen and oxygen atoms in total. The van der Waals surface area contributed by atoms with E-state index in [2.05, 4.69) is 0 Å². The van der Waals surface area contributed by atoms with E-state index in [0.717, 1.165) is 11.3 Å². The van der Waals surface area contributed by atoms with Crippen molar-refractivity contribution in [3.63, 3.8) is 0 Å². The van der Waals surface area contributed by atoms with Crippen molar-refractivity contribution < 1.29 is 18.9 Å². The molecule has 1 saturated heterocycles. The van der Waals surface area contributed by atoms with Crippen LogP contribution in [0.15, 0.2) is 12.1 Å². The molecule has 1 aliphatic rings. The van der Waals surface area contributed by atoms with E-state index in [4.69, 9.17) is 18.9 Å². The quantitative estimate of drug-likeness (QED) is 0.735. The second kappa shape index (κ2) is 4.22. The molecule has 1 aromatic rings. The van der Waals surface area contributed by atoms with Gasteiger partial charge in [-0.1, -0.05) is 0 Å². The van der Waals surface area contributed by atoms with Crippen molar-refractivity contribution in [3.8, 4) is 17.2 Å². The minimum Gasteiger partial charge on any atom is -0.496 e. The number of hydrogen-bond acceptors (Lipinski definition) is 4. The smallest absolute Gasteiger partial charge is 0.164 e. The van der Waals surface area contributed by atoms with Crippen LogP contribution in [0.5, 0.6) is 17.2 Å². The summed E-state index contributed by atoms with van der Waals surface area (Å²) in [5.41, 5.74) is 1.01. The molecule has 0 N–H and O–H groups in total. The van der Waals surface area contributed by atoms with Crippen molar-refractivity contribution in [1.82, 2.24) is 0 Å². The van der Waals surface area contributed by atoms with Crippen molar-refractivity contribution in [3.05, 3.63) is 17.7 Å². The highest BCUT2D eigenvalue weighted by molar-refractivity contribution is 5.52. The Morgan fingerprint density at radius 2 is 1.44 bits per heavy atom. The molecule has 88 valence electrons. The van der Waals surface area contributed by atoms with E-state index in [1.165, 1.54) is 0 Å². The number of epoxide rings is 1. The fraction of sp³-hybridized carbons (Fsp3) is 0.500. The number of ether oxygens (including phenoxy) is 4. The maximum atomic E-state index is 5.44. The van der Waals surface area contributed by atoms with Crippen LogP contribution in [0.1, 0.15) is 18.6 Å². The standard InChI is InChI=1S/C12H16O4/c1-7-12(16-7)8-5-10(14-3)11(15-4)6-9(8)13-2/h5-7,12H,1-4H3/t7-,12-/m1/s1. The molecule has 0 bridgehead atoms. The van der Waals surface area contributed by atoms with Crippen molar-refractivity contribution >= 4 is 0 Å². The Balaban J connectivity index is 2.42. The molecular weight excluding hydrogens is 208 g/mol. The van der Waals surface area contributed by atoms with Crippen LogP contribution in [0, 0.1) is 0 Å². The second-order valence-corrected chi connectivity index (χ2v) is 3.71. The monoisotopic (exact) mass is 224 g/mol. The molecule has 1 heterocycles. The predicted octanol–water partition coefficient (Wildman–Crippen LogP) is 2.17. The second-order valence-electron chi connectivity index (χ2n) is 3.71. The predicted molar refractivity (Wildman–Crippen MR) is 59.4 cm³/mol. The Hall–Kier alpha value is -1.42. The topological polar surface area (TPSA) is 40.2 Å². The molecule has 0 radical (unpaired) electrons. The van der Waals surface area contributed by atoms with E-state index in [9.17, 15) is 0 Å². The van der Waals surface area contributed by atoms with Crippen molar-refractivity contribution in [2.75, 3.05) is 21.3 Å². The normalized spacial score (nSPS) is 22.8. The zero-order chi connectivity index (χ0) is 11.7. The van der Waals surface area contributed by atoms with Gasteiger partial charge in [-0.3, -0.25) is 0 Å². The average Bonchev–Trinajstić information content (AvgIpc) is 3.04. The lowest BCUT2D eigenvalue weighted by molar-refractivity contribution is 0.341. The van der Waals surface area contributed by atoms with Gasteiger partial charge in [0.25, 0.3) is 0 Å². The number of benzene rings is 1. The summed E-state index contributed by atoms with van der Waals surface area (Å²) in [5.74, 6) is 2.13. The third kappa shape index (κ3) is 1.80. The first-order valence-corrected chi connectivity index (χ1v) is 5.16. The van der Waals surface area contributed by atoms with Crippen LogP contribution in [0.4, 0.5) is 0 Å². The molecule has 0 aromatic heterocycles. The van der Waals surface area contributed by atoms with Crippen LogP contribution in [-0.2, 0) is 4.74 Å². The van der Waals surface area contributed by atoms with Gasteiger partial charge in [0.2, 0.25) is 0 Å². The zero-order valence-electron chi connectivity index (χ0n) is 9.94. The summed E-state index contributed by atoms with van der Waals surface area (Å²) >= 11 is 0. The summed E-state index contributed by atoms with van der Waals surface area (Å²) in [6.07, 6.45) is 0.349. The fourth-order valence-corrected chi connectivity index (χ4v) is 1.79. The van der Waals surface area contributed by atoms with Gasteiger partial charge in [0.15, 0.2) is 11.5 Å². The first-order chi connectivity index (χ1) is 7.71. The van der Waals surface area contributed by atoms with Gasteiger partial charge < -0.3 is 18.9 Å². The Bertz CT molecular complexity index is 389. The van der Waals surface area contributed by atoms with Crippen LogP contribution in [0.2, 0.25) is 0 Å². The Kier molecular flexibility index (Phi) is 2.92. The highest BCUT2D eigenvalue weighted by Crippen LogP contribution is 2.46. The summed E-state index contributed by atoms with van der Waals surface area (Å²) in [6, 6.07) is 3.73. The van der Waals surface area contributed by atoms with Crippen LogP contribution in [-0.4, -0.2) is 27.4 Å². The Labute approximate surface area is 95.1 Å². The van der Waals surface area contributed by atoms with E-state index in [1.54, 1.807) is 21.3 Å². The van der Waals surface area contributed by atoms with Gasteiger partial charge in [-0.25, -0.2) is 0 Å². The van der Waals surface area contributed by atoms with Crippen LogP contribution in [0.25, 0.3) is 0 Å². The van der Waals surface area contributed by atoms with Crippen LogP contribution in [0.3, 0.4) is 0 Å². The fourth-order valence-electron chi connectivity index (χ4n) is 1.79. The molecular formula is C12H16O4. The minimum atomic E-state index is 0.106. The van der Waals surface area contributed by atoms with Gasteiger partial charge in [-0.05, 0) is 13.0 Å². The number of hydrogen-bond donors (Lipinski definition) is 0. The summed E-state index contributed by atoms with van der Waals surface area (Å²) in [4.78, 5) is 0. The Morgan fingerprint density at radius 1 is 0.938 bits per heavy atom. The maximum absolute atomic E-state index is 5.44. The lowest BCUT2D eigenvalue weighted by Crippen LogP contribution is -1.97. The highest BCUT2D eigenvalue weighted by atomic mass is 16.6. The molecule has 0 spiro atoms. The SMILES string of the molecule is COc1cc(OC)c([C@@H]2O[C@@H]2C)cc1OC. The van der Waals surface area contributed by atoms with Gasteiger partial charge in [0.1, 0.15) is 11.9 Å². The molecule has 0 amide bonds. The lowest BCUT2D eigenvalue weighted by atomic mass is 10.1. The molecule has 2 atom stereocenters. The maximum Gasteiger partial charge on any atom is 0.164 e. The number of methoxy groups -OCH3 is 3. The number of rotatable bonds is 4. The van der Waals surface area contributed by atoms with Gasteiger partial charge in [0, 0.05) is 11.6 Å². The Morgan fingerprint density at radius 3 is 1.88 bits per heavy atom. The first-order valence-electron chi connectivity index (χ1n) is 5.16. The summed E-state index contributed by atoms with van der Waals surface area (Å²) in [5, 5.41) is 0. The average molecular weight is 224 g/mol. The molecule has 0 unspecified atom stereocenters. The molecule has 4 heteroatoms. The largest absolute Gasteiger partial charge is 0.496 e. The molecule has 1 fully saturated rings. The zero-order valence-corrected chi connectivity index (χ0v) is 9.94. The van der Waals surface area contributed by atoms with E-state index >= 15 is 0 Å². The molecule has 0 aliphatic carbocycles.